The van der Waals surface area contributed by atoms with Crippen LogP contribution in [0.25, 0.3) is 0 Å². The van der Waals surface area contributed by atoms with Gasteiger partial charge in [0.2, 0.25) is 0 Å². The van der Waals surface area contributed by atoms with E-state index in [1.165, 1.54) is 18.2 Å². The number of nitro benzene ring substituents is 1. The summed E-state index contributed by atoms with van der Waals surface area (Å²) in [5, 5.41) is 25.6. The van der Waals surface area contributed by atoms with Crippen LogP contribution in [0.4, 0.5) is 22.7 Å². The molecule has 3 rings (SSSR count). The predicted octanol–water partition coefficient (Wildman–Crippen LogP) is 4.49. The third kappa shape index (κ3) is 5.08. The fourth-order valence-corrected chi connectivity index (χ4v) is 2.56. The smallest absolute Gasteiger partial charge is 0.293 e. The van der Waals surface area contributed by atoms with Crippen LogP contribution in [0.15, 0.2) is 72.8 Å². The molecule has 144 valence electrons. The molecule has 29 heavy (non-hydrogen) atoms. The topological polar surface area (TPSA) is 117 Å². The molecule has 0 saturated carbocycles. The maximum atomic E-state index is 12.5. The summed E-state index contributed by atoms with van der Waals surface area (Å²) in [5.41, 5.74) is 1.43. The average Bonchev–Trinajstić information content (AvgIpc) is 2.74. The van der Waals surface area contributed by atoms with Crippen molar-refractivity contribution in [3.8, 4) is 11.8 Å². The number of carbonyl (C=O) groups excluding carboxylic acids is 1. The normalized spacial score (nSPS) is 9.90. The van der Waals surface area contributed by atoms with Gasteiger partial charge in [0.15, 0.2) is 6.61 Å². The van der Waals surface area contributed by atoms with Crippen molar-refractivity contribution >= 4 is 28.7 Å². The van der Waals surface area contributed by atoms with Crippen molar-refractivity contribution in [2.24, 2.45) is 0 Å². The standard InChI is InChI=1S/C21H16N4O4/c22-12-13-29-18-9-7-17(8-10-18)24-21(26)15-6-11-19(20(14-15)25(27)28)23-16-4-2-1-3-5-16/h1-11,14,23H,13H2,(H,24,26). The Balaban J connectivity index is 1.76. The first-order valence-electron chi connectivity index (χ1n) is 8.58. The van der Waals surface area contributed by atoms with Gasteiger partial charge in [-0.15, -0.1) is 0 Å². The number of nitrogens with zero attached hydrogens (tertiary/aromatic N) is 2. The lowest BCUT2D eigenvalue weighted by atomic mass is 10.1. The minimum Gasteiger partial charge on any atom is -0.479 e. The number of carbonyl (C=O) groups is 1. The Morgan fingerprint density at radius 3 is 2.41 bits per heavy atom. The Hall–Kier alpha value is -4.38. The summed E-state index contributed by atoms with van der Waals surface area (Å²) in [4.78, 5) is 23.4. The Labute approximate surface area is 166 Å². The largest absolute Gasteiger partial charge is 0.479 e. The minimum absolute atomic E-state index is 0.0707. The van der Waals surface area contributed by atoms with Gasteiger partial charge in [-0.2, -0.15) is 5.26 Å². The van der Waals surface area contributed by atoms with Crippen LogP contribution >= 0.6 is 0 Å². The van der Waals surface area contributed by atoms with Crippen molar-refractivity contribution in [2.75, 3.05) is 17.2 Å². The first-order valence-corrected chi connectivity index (χ1v) is 8.58. The van der Waals surface area contributed by atoms with E-state index in [2.05, 4.69) is 10.6 Å². The molecule has 0 bridgehead atoms. The van der Waals surface area contributed by atoms with Gasteiger partial charge >= 0.3 is 0 Å². The third-order valence-electron chi connectivity index (χ3n) is 3.92. The molecule has 3 aromatic rings. The van der Waals surface area contributed by atoms with E-state index in [0.29, 0.717) is 17.1 Å². The summed E-state index contributed by atoms with van der Waals surface area (Å²) in [7, 11) is 0. The summed E-state index contributed by atoms with van der Waals surface area (Å²) in [6.45, 7) is -0.0707. The summed E-state index contributed by atoms with van der Waals surface area (Å²) in [6.07, 6.45) is 0. The van der Waals surface area contributed by atoms with E-state index < -0.39 is 10.8 Å². The van der Waals surface area contributed by atoms with Gasteiger partial charge < -0.3 is 15.4 Å². The molecule has 0 aromatic heterocycles. The van der Waals surface area contributed by atoms with Gasteiger partial charge in [-0.3, -0.25) is 14.9 Å². The SMILES string of the molecule is N#CCOc1ccc(NC(=O)c2ccc(Nc3ccccc3)c([N+](=O)[O-])c2)cc1. The summed E-state index contributed by atoms with van der Waals surface area (Å²) < 4.78 is 5.15. The average molecular weight is 388 g/mol. The van der Waals surface area contributed by atoms with E-state index in [1.54, 1.807) is 36.4 Å². The first kappa shape index (κ1) is 19.4. The summed E-state index contributed by atoms with van der Waals surface area (Å²) >= 11 is 0. The Morgan fingerprint density at radius 1 is 1.03 bits per heavy atom. The Kier molecular flexibility index (Phi) is 6.02. The second-order valence-corrected chi connectivity index (χ2v) is 5.91. The van der Waals surface area contributed by atoms with Crippen molar-refractivity contribution in [1.29, 1.82) is 5.26 Å². The molecule has 0 saturated heterocycles. The van der Waals surface area contributed by atoms with Crippen LogP contribution in [0.1, 0.15) is 10.4 Å². The predicted molar refractivity (Wildman–Crippen MR) is 108 cm³/mol. The molecule has 0 aliphatic carbocycles. The molecule has 3 aromatic carbocycles. The van der Waals surface area contributed by atoms with Gasteiger partial charge in [0, 0.05) is 23.0 Å². The molecule has 0 heterocycles. The lowest BCUT2D eigenvalue weighted by molar-refractivity contribution is -0.383. The maximum Gasteiger partial charge on any atom is 0.293 e. The van der Waals surface area contributed by atoms with Gasteiger partial charge in [0.05, 0.1) is 4.92 Å². The van der Waals surface area contributed by atoms with Crippen LogP contribution in [0.3, 0.4) is 0 Å². The van der Waals surface area contributed by atoms with Crippen LogP contribution in [-0.2, 0) is 0 Å². The minimum atomic E-state index is -0.538. The van der Waals surface area contributed by atoms with E-state index in [9.17, 15) is 14.9 Å². The van der Waals surface area contributed by atoms with Crippen LogP contribution in [0.2, 0.25) is 0 Å². The first-order chi connectivity index (χ1) is 14.1. The van der Waals surface area contributed by atoms with Crippen molar-refractivity contribution in [2.45, 2.75) is 0 Å². The second kappa shape index (κ2) is 9.01. The zero-order valence-electron chi connectivity index (χ0n) is 15.2. The molecule has 0 unspecified atom stereocenters. The molecule has 0 aliphatic heterocycles. The monoisotopic (exact) mass is 388 g/mol. The van der Waals surface area contributed by atoms with Crippen LogP contribution in [-0.4, -0.2) is 17.4 Å². The van der Waals surface area contributed by atoms with Gasteiger partial charge in [0.25, 0.3) is 11.6 Å². The number of para-hydroxylation sites is 1. The maximum absolute atomic E-state index is 12.5. The molecular formula is C21H16N4O4. The van der Waals surface area contributed by atoms with E-state index in [1.807, 2.05) is 24.3 Å². The molecule has 8 heteroatoms. The fraction of sp³-hybridized carbons (Fsp3) is 0.0476. The molecule has 0 spiro atoms. The summed E-state index contributed by atoms with van der Waals surface area (Å²) in [5.74, 6) is 0.0154. The van der Waals surface area contributed by atoms with Crippen LogP contribution in [0, 0.1) is 21.4 Å². The number of ether oxygens (including phenoxy) is 1. The quantitative estimate of drug-likeness (QED) is 0.455. The highest BCUT2D eigenvalue weighted by atomic mass is 16.6. The second-order valence-electron chi connectivity index (χ2n) is 5.91. The van der Waals surface area contributed by atoms with E-state index in [0.717, 1.165) is 0 Å². The molecule has 0 radical (unpaired) electrons. The number of hydrogen-bond acceptors (Lipinski definition) is 6. The number of hydrogen-bond donors (Lipinski definition) is 2. The lowest BCUT2D eigenvalue weighted by Gasteiger charge is -2.10. The highest BCUT2D eigenvalue weighted by molar-refractivity contribution is 6.05. The van der Waals surface area contributed by atoms with Crippen LogP contribution < -0.4 is 15.4 Å². The highest BCUT2D eigenvalue weighted by Crippen LogP contribution is 2.29. The third-order valence-corrected chi connectivity index (χ3v) is 3.92. The molecular weight excluding hydrogens is 372 g/mol. The highest BCUT2D eigenvalue weighted by Gasteiger charge is 2.18. The van der Waals surface area contributed by atoms with E-state index in [-0.39, 0.29) is 23.5 Å². The van der Waals surface area contributed by atoms with Crippen molar-refractivity contribution in [1.82, 2.24) is 0 Å². The number of rotatable bonds is 7. The van der Waals surface area contributed by atoms with Gasteiger partial charge in [-0.25, -0.2) is 0 Å². The number of nitriles is 1. The van der Waals surface area contributed by atoms with Crippen molar-refractivity contribution in [3.63, 3.8) is 0 Å². The fourth-order valence-electron chi connectivity index (χ4n) is 2.56. The van der Waals surface area contributed by atoms with Gasteiger partial charge in [-0.1, -0.05) is 18.2 Å². The molecule has 2 N–H and O–H groups in total. The van der Waals surface area contributed by atoms with Gasteiger partial charge in [-0.05, 0) is 48.5 Å². The number of nitrogens with one attached hydrogen (secondary N) is 2. The number of anilines is 3. The zero-order valence-corrected chi connectivity index (χ0v) is 15.2. The Bertz CT molecular complexity index is 1060. The number of nitro groups is 1. The van der Waals surface area contributed by atoms with Crippen LogP contribution in [0.5, 0.6) is 5.75 Å². The number of amides is 1. The lowest BCUT2D eigenvalue weighted by Crippen LogP contribution is -2.12. The summed E-state index contributed by atoms with van der Waals surface area (Å²) in [6, 6.07) is 21.6. The molecule has 8 nitrogen and oxygen atoms in total. The van der Waals surface area contributed by atoms with Crippen molar-refractivity contribution in [3.05, 3.63) is 88.5 Å². The molecule has 0 atom stereocenters. The van der Waals surface area contributed by atoms with E-state index >= 15 is 0 Å². The van der Waals surface area contributed by atoms with Gasteiger partial charge in [0.1, 0.15) is 17.5 Å². The van der Waals surface area contributed by atoms with Crippen molar-refractivity contribution < 1.29 is 14.5 Å². The van der Waals surface area contributed by atoms with E-state index in [4.69, 9.17) is 10.00 Å². The zero-order chi connectivity index (χ0) is 20.6. The molecule has 0 fully saturated rings. The molecule has 0 aliphatic rings. The molecule has 1 amide bonds. The Morgan fingerprint density at radius 2 is 1.76 bits per heavy atom. The number of benzene rings is 3.